The van der Waals surface area contributed by atoms with E-state index in [0.717, 1.165) is 19.3 Å². The standard InChI is InChI=1S/C12H26N4O3S/c1-2-3-4-11(9-13)15-12(17)10-5-7-16(8-6-10)20(14,18)19/h10-11H,2-9,13H2,1H3,(H,15,17)(H2,14,18,19). The number of piperidine rings is 1. The molecule has 0 aliphatic carbocycles. The molecule has 1 atom stereocenters. The molecule has 1 heterocycles. The van der Waals surface area contributed by atoms with Crippen molar-refractivity contribution in [2.75, 3.05) is 19.6 Å². The van der Waals surface area contributed by atoms with E-state index in [1.165, 1.54) is 4.31 Å². The molecule has 118 valence electrons. The summed E-state index contributed by atoms with van der Waals surface area (Å²) in [6.07, 6.45) is 4.00. The number of carbonyl (C=O) groups excluding carboxylic acids is 1. The number of amides is 1. The third kappa shape index (κ3) is 5.35. The van der Waals surface area contributed by atoms with Crippen LogP contribution in [0.15, 0.2) is 0 Å². The summed E-state index contributed by atoms with van der Waals surface area (Å²) in [5.41, 5.74) is 5.65. The summed E-state index contributed by atoms with van der Waals surface area (Å²) in [6, 6.07) is 0.0127. The van der Waals surface area contributed by atoms with Crippen molar-refractivity contribution in [3.05, 3.63) is 0 Å². The van der Waals surface area contributed by atoms with E-state index in [1.54, 1.807) is 0 Å². The zero-order chi connectivity index (χ0) is 15.2. The molecule has 0 spiro atoms. The average Bonchev–Trinajstić information content (AvgIpc) is 2.42. The van der Waals surface area contributed by atoms with Gasteiger partial charge < -0.3 is 11.1 Å². The highest BCUT2D eigenvalue weighted by Crippen LogP contribution is 2.19. The van der Waals surface area contributed by atoms with E-state index in [-0.39, 0.29) is 17.9 Å². The second-order valence-electron chi connectivity index (χ2n) is 5.30. The number of hydrogen-bond acceptors (Lipinski definition) is 4. The van der Waals surface area contributed by atoms with Crippen LogP contribution in [0.3, 0.4) is 0 Å². The highest BCUT2D eigenvalue weighted by atomic mass is 32.2. The Morgan fingerprint density at radius 1 is 1.40 bits per heavy atom. The van der Waals surface area contributed by atoms with Crippen LogP contribution in [-0.4, -0.2) is 44.3 Å². The number of nitrogens with two attached hydrogens (primary N) is 2. The Hall–Kier alpha value is -0.700. The minimum atomic E-state index is -3.63. The number of nitrogens with zero attached hydrogens (tertiary/aromatic N) is 1. The summed E-state index contributed by atoms with van der Waals surface area (Å²) in [5.74, 6) is -0.172. The predicted molar refractivity (Wildman–Crippen MR) is 77.9 cm³/mol. The van der Waals surface area contributed by atoms with E-state index >= 15 is 0 Å². The largest absolute Gasteiger partial charge is 0.352 e. The summed E-state index contributed by atoms with van der Waals surface area (Å²) in [5, 5.41) is 8.03. The van der Waals surface area contributed by atoms with Crippen molar-refractivity contribution in [1.29, 1.82) is 0 Å². The highest BCUT2D eigenvalue weighted by molar-refractivity contribution is 7.86. The minimum absolute atomic E-state index is 0.0127. The van der Waals surface area contributed by atoms with Crippen LogP contribution in [0.2, 0.25) is 0 Å². The van der Waals surface area contributed by atoms with E-state index in [2.05, 4.69) is 12.2 Å². The van der Waals surface area contributed by atoms with Gasteiger partial charge >= 0.3 is 0 Å². The summed E-state index contributed by atoms with van der Waals surface area (Å²) >= 11 is 0. The minimum Gasteiger partial charge on any atom is -0.352 e. The molecule has 1 aliphatic rings. The molecule has 0 aromatic heterocycles. The van der Waals surface area contributed by atoms with Crippen molar-refractivity contribution >= 4 is 16.1 Å². The van der Waals surface area contributed by atoms with Gasteiger partial charge in [0, 0.05) is 31.6 Å². The zero-order valence-corrected chi connectivity index (χ0v) is 12.9. The molecule has 0 bridgehead atoms. The van der Waals surface area contributed by atoms with Crippen LogP contribution in [0.1, 0.15) is 39.0 Å². The second kappa shape index (κ2) is 7.92. The van der Waals surface area contributed by atoms with E-state index < -0.39 is 10.2 Å². The maximum absolute atomic E-state index is 12.1. The van der Waals surface area contributed by atoms with Gasteiger partial charge in [-0.3, -0.25) is 4.79 Å². The van der Waals surface area contributed by atoms with Crippen LogP contribution in [0.5, 0.6) is 0 Å². The van der Waals surface area contributed by atoms with Gasteiger partial charge in [0.1, 0.15) is 0 Å². The number of hydrogen-bond donors (Lipinski definition) is 3. The van der Waals surface area contributed by atoms with Crippen molar-refractivity contribution in [3.63, 3.8) is 0 Å². The third-order valence-corrected chi connectivity index (χ3v) is 4.81. The molecular formula is C12H26N4O3S. The lowest BCUT2D eigenvalue weighted by molar-refractivity contribution is -0.126. The lowest BCUT2D eigenvalue weighted by Gasteiger charge is -2.30. The molecule has 1 amide bonds. The molecule has 5 N–H and O–H groups in total. The summed E-state index contributed by atoms with van der Waals surface area (Å²) in [4.78, 5) is 12.1. The number of carbonyl (C=O) groups is 1. The van der Waals surface area contributed by atoms with Crippen molar-refractivity contribution in [3.8, 4) is 0 Å². The number of unbranched alkanes of at least 4 members (excludes halogenated alkanes) is 1. The van der Waals surface area contributed by atoms with Gasteiger partial charge in [-0.05, 0) is 19.3 Å². The molecule has 8 heteroatoms. The van der Waals surface area contributed by atoms with Crippen LogP contribution in [0, 0.1) is 5.92 Å². The van der Waals surface area contributed by atoms with E-state index in [1.807, 2.05) is 0 Å². The lowest BCUT2D eigenvalue weighted by atomic mass is 9.96. The van der Waals surface area contributed by atoms with Gasteiger partial charge in [-0.2, -0.15) is 12.7 Å². The van der Waals surface area contributed by atoms with Gasteiger partial charge in [-0.1, -0.05) is 19.8 Å². The molecule has 0 radical (unpaired) electrons. The Morgan fingerprint density at radius 3 is 2.45 bits per heavy atom. The fourth-order valence-corrected chi connectivity index (χ4v) is 3.11. The molecule has 1 fully saturated rings. The average molecular weight is 306 g/mol. The molecular weight excluding hydrogens is 280 g/mol. The molecule has 1 saturated heterocycles. The van der Waals surface area contributed by atoms with Crippen LogP contribution < -0.4 is 16.2 Å². The molecule has 0 aromatic carbocycles. The molecule has 1 aliphatic heterocycles. The van der Waals surface area contributed by atoms with Crippen LogP contribution >= 0.6 is 0 Å². The summed E-state index contributed by atoms with van der Waals surface area (Å²) in [6.45, 7) is 3.14. The van der Waals surface area contributed by atoms with Gasteiger partial charge in [-0.25, -0.2) is 5.14 Å². The third-order valence-electron chi connectivity index (χ3n) is 3.72. The van der Waals surface area contributed by atoms with Crippen LogP contribution in [0.25, 0.3) is 0 Å². The maximum Gasteiger partial charge on any atom is 0.276 e. The van der Waals surface area contributed by atoms with E-state index in [9.17, 15) is 13.2 Å². The van der Waals surface area contributed by atoms with E-state index in [0.29, 0.717) is 32.5 Å². The molecule has 1 unspecified atom stereocenters. The first-order valence-electron chi connectivity index (χ1n) is 7.16. The first-order chi connectivity index (χ1) is 9.38. The second-order valence-corrected chi connectivity index (χ2v) is 6.85. The monoisotopic (exact) mass is 306 g/mol. The Bertz CT molecular complexity index is 405. The number of rotatable bonds is 7. The topological polar surface area (TPSA) is 119 Å². The fraction of sp³-hybridized carbons (Fsp3) is 0.917. The first kappa shape index (κ1) is 17.4. The zero-order valence-electron chi connectivity index (χ0n) is 12.0. The van der Waals surface area contributed by atoms with Crippen molar-refractivity contribution in [1.82, 2.24) is 9.62 Å². The highest BCUT2D eigenvalue weighted by Gasteiger charge is 2.29. The van der Waals surface area contributed by atoms with Gasteiger partial charge in [-0.15, -0.1) is 0 Å². The smallest absolute Gasteiger partial charge is 0.276 e. The Balaban J connectivity index is 2.42. The van der Waals surface area contributed by atoms with Crippen molar-refractivity contribution < 1.29 is 13.2 Å². The first-order valence-corrected chi connectivity index (χ1v) is 8.67. The lowest BCUT2D eigenvalue weighted by Crippen LogP contribution is -2.48. The molecule has 0 saturated carbocycles. The number of nitrogens with one attached hydrogen (secondary N) is 1. The molecule has 1 rings (SSSR count). The fourth-order valence-electron chi connectivity index (χ4n) is 2.39. The van der Waals surface area contributed by atoms with Crippen molar-refractivity contribution in [2.24, 2.45) is 16.8 Å². The quantitative estimate of drug-likeness (QED) is 0.589. The van der Waals surface area contributed by atoms with Crippen LogP contribution in [0.4, 0.5) is 0 Å². The predicted octanol–water partition coefficient (Wildman–Crippen LogP) is -0.464. The van der Waals surface area contributed by atoms with Gasteiger partial charge in [0.15, 0.2) is 0 Å². The summed E-state index contributed by atoms with van der Waals surface area (Å²) < 4.78 is 23.6. The normalized spacial score (nSPS) is 19.8. The Morgan fingerprint density at radius 2 is 2.00 bits per heavy atom. The SMILES string of the molecule is CCCCC(CN)NC(=O)C1CCN(S(N)(=O)=O)CC1. The van der Waals surface area contributed by atoms with Gasteiger partial charge in [0.2, 0.25) is 5.91 Å². The van der Waals surface area contributed by atoms with Crippen molar-refractivity contribution in [2.45, 2.75) is 45.1 Å². The Labute approximate surface area is 121 Å². The molecule has 0 aromatic rings. The maximum atomic E-state index is 12.1. The van der Waals surface area contributed by atoms with Gasteiger partial charge in [0.05, 0.1) is 0 Å². The van der Waals surface area contributed by atoms with E-state index in [4.69, 9.17) is 10.9 Å². The molecule has 20 heavy (non-hydrogen) atoms. The summed E-state index contributed by atoms with van der Waals surface area (Å²) in [7, 11) is -3.63. The Kier molecular flexibility index (Phi) is 6.87. The van der Waals surface area contributed by atoms with Gasteiger partial charge in [0.25, 0.3) is 10.2 Å². The van der Waals surface area contributed by atoms with Crippen LogP contribution in [-0.2, 0) is 15.0 Å². The molecule has 7 nitrogen and oxygen atoms in total.